The number of guanidine groups is 1. The Balaban J connectivity index is 1.22. The first-order valence-electron chi connectivity index (χ1n) is 12.2. The molecule has 0 aromatic heterocycles. The molecule has 2 N–H and O–H groups in total. The molecule has 0 radical (unpaired) electrons. The van der Waals surface area contributed by atoms with Crippen molar-refractivity contribution in [2.24, 2.45) is 16.8 Å². The summed E-state index contributed by atoms with van der Waals surface area (Å²) < 4.78 is 6.12. The summed E-state index contributed by atoms with van der Waals surface area (Å²) in [7, 11) is 1.80. The van der Waals surface area contributed by atoms with Crippen molar-refractivity contribution >= 4 is 11.9 Å². The number of carbonyl (C=O) groups excluding carboxylic acids is 1. The predicted molar refractivity (Wildman–Crippen MR) is 132 cm³/mol. The van der Waals surface area contributed by atoms with Crippen LogP contribution in [0.1, 0.15) is 36.5 Å². The molecule has 0 aliphatic carbocycles. The van der Waals surface area contributed by atoms with E-state index in [0.29, 0.717) is 18.3 Å². The summed E-state index contributed by atoms with van der Waals surface area (Å²) in [5, 5.41) is 6.93. The van der Waals surface area contributed by atoms with Crippen LogP contribution in [0.25, 0.3) is 0 Å². The zero-order valence-electron chi connectivity index (χ0n) is 19.6. The molecule has 2 aliphatic rings. The fourth-order valence-electron chi connectivity index (χ4n) is 4.87. The molecule has 0 saturated carbocycles. The average molecular weight is 449 g/mol. The van der Waals surface area contributed by atoms with Gasteiger partial charge in [-0.1, -0.05) is 60.7 Å². The highest BCUT2D eigenvalue weighted by Gasteiger charge is 2.30. The Bertz CT molecular complexity index is 903. The number of aliphatic imine (C=N–C) groups is 1. The zero-order chi connectivity index (χ0) is 22.9. The summed E-state index contributed by atoms with van der Waals surface area (Å²) in [4.78, 5) is 18.9. The van der Waals surface area contributed by atoms with E-state index in [0.717, 1.165) is 58.0 Å². The highest BCUT2D eigenvalue weighted by atomic mass is 16.5. The molecule has 2 heterocycles. The zero-order valence-corrected chi connectivity index (χ0v) is 19.6. The highest BCUT2D eigenvalue weighted by Crippen LogP contribution is 2.33. The van der Waals surface area contributed by atoms with Gasteiger partial charge in [0, 0.05) is 58.1 Å². The van der Waals surface area contributed by atoms with E-state index in [1.165, 1.54) is 11.1 Å². The fraction of sp³-hybridized carbons (Fsp3) is 0.481. The molecular formula is C27H36N4O2. The number of nitrogens with zero attached hydrogens (tertiary/aromatic N) is 2. The van der Waals surface area contributed by atoms with Crippen molar-refractivity contribution in [1.82, 2.24) is 15.5 Å². The van der Waals surface area contributed by atoms with E-state index >= 15 is 0 Å². The summed E-state index contributed by atoms with van der Waals surface area (Å²) in [6.07, 6.45) is 3.85. The number of carbonyl (C=O) groups is 1. The van der Waals surface area contributed by atoms with Gasteiger partial charge in [0.15, 0.2) is 5.96 Å². The van der Waals surface area contributed by atoms with Crippen LogP contribution in [-0.4, -0.2) is 56.6 Å². The minimum Gasteiger partial charge on any atom is -0.373 e. The van der Waals surface area contributed by atoms with Gasteiger partial charge in [0.2, 0.25) is 5.91 Å². The second-order valence-corrected chi connectivity index (χ2v) is 9.08. The molecule has 2 saturated heterocycles. The SMILES string of the molecule is CN=C(NCC1CC(=O)N(CCc2ccccc2)C1)NCC1CCCOC1c1ccccc1. The van der Waals surface area contributed by atoms with Crippen LogP contribution in [0, 0.1) is 11.8 Å². The molecule has 2 fully saturated rings. The second-order valence-electron chi connectivity index (χ2n) is 9.08. The van der Waals surface area contributed by atoms with Gasteiger partial charge in [0.25, 0.3) is 0 Å². The molecule has 4 rings (SSSR count). The molecule has 176 valence electrons. The topological polar surface area (TPSA) is 66.0 Å². The predicted octanol–water partition coefficient (Wildman–Crippen LogP) is 3.41. The number of nitrogens with one attached hydrogen (secondary N) is 2. The summed E-state index contributed by atoms with van der Waals surface area (Å²) in [6.45, 7) is 3.97. The number of rotatable bonds is 8. The lowest BCUT2D eigenvalue weighted by atomic mass is 9.89. The smallest absolute Gasteiger partial charge is 0.223 e. The van der Waals surface area contributed by atoms with E-state index in [-0.39, 0.29) is 12.0 Å². The lowest BCUT2D eigenvalue weighted by Crippen LogP contribution is -2.43. The normalized spacial score (nSPS) is 23.5. The van der Waals surface area contributed by atoms with E-state index in [1.54, 1.807) is 7.05 Å². The van der Waals surface area contributed by atoms with E-state index in [9.17, 15) is 4.79 Å². The number of amides is 1. The molecule has 6 heteroatoms. The molecule has 0 bridgehead atoms. The van der Waals surface area contributed by atoms with E-state index in [4.69, 9.17) is 4.74 Å². The molecular weight excluding hydrogens is 412 g/mol. The van der Waals surface area contributed by atoms with Gasteiger partial charge >= 0.3 is 0 Å². The maximum absolute atomic E-state index is 12.5. The summed E-state index contributed by atoms with van der Waals surface area (Å²) in [6, 6.07) is 20.9. The van der Waals surface area contributed by atoms with Crippen LogP contribution >= 0.6 is 0 Å². The summed E-state index contributed by atoms with van der Waals surface area (Å²) >= 11 is 0. The lowest BCUT2D eigenvalue weighted by molar-refractivity contribution is -0.127. The highest BCUT2D eigenvalue weighted by molar-refractivity contribution is 5.80. The molecule has 33 heavy (non-hydrogen) atoms. The first kappa shape index (κ1) is 23.3. The van der Waals surface area contributed by atoms with Gasteiger partial charge in [-0.3, -0.25) is 9.79 Å². The third-order valence-electron chi connectivity index (χ3n) is 6.69. The van der Waals surface area contributed by atoms with Gasteiger partial charge in [0.1, 0.15) is 0 Å². The van der Waals surface area contributed by atoms with Crippen LogP contribution in [0.15, 0.2) is 65.7 Å². The average Bonchev–Trinajstić information content (AvgIpc) is 3.23. The van der Waals surface area contributed by atoms with Crippen LogP contribution in [-0.2, 0) is 16.0 Å². The number of likely N-dealkylation sites (tertiary alicyclic amines) is 1. The van der Waals surface area contributed by atoms with Crippen LogP contribution in [0.3, 0.4) is 0 Å². The molecule has 6 nitrogen and oxygen atoms in total. The number of hydrogen-bond donors (Lipinski definition) is 2. The molecule has 1 amide bonds. The first-order chi connectivity index (χ1) is 16.2. The van der Waals surface area contributed by atoms with Crippen LogP contribution in [0.4, 0.5) is 0 Å². The number of benzene rings is 2. The van der Waals surface area contributed by atoms with Gasteiger partial charge in [-0.2, -0.15) is 0 Å². The Hall–Kier alpha value is -2.86. The number of hydrogen-bond acceptors (Lipinski definition) is 3. The Morgan fingerprint density at radius 1 is 1.06 bits per heavy atom. The molecule has 2 aromatic carbocycles. The maximum atomic E-state index is 12.5. The monoisotopic (exact) mass is 448 g/mol. The van der Waals surface area contributed by atoms with Crippen molar-refractivity contribution in [1.29, 1.82) is 0 Å². The van der Waals surface area contributed by atoms with Crippen molar-refractivity contribution in [2.45, 2.75) is 31.8 Å². The van der Waals surface area contributed by atoms with E-state index in [1.807, 2.05) is 29.2 Å². The second kappa shape index (κ2) is 11.8. The Labute approximate surface area is 197 Å². The van der Waals surface area contributed by atoms with Crippen molar-refractivity contribution < 1.29 is 9.53 Å². The van der Waals surface area contributed by atoms with Gasteiger partial charge < -0.3 is 20.3 Å². The van der Waals surface area contributed by atoms with Gasteiger partial charge in [-0.05, 0) is 30.4 Å². The standard InChI is InChI=1S/C27H36N4O2/c1-28-27(30-19-24-13-8-16-33-26(24)23-11-6-3-7-12-23)29-18-22-17-25(32)31(20-22)15-14-21-9-4-2-5-10-21/h2-7,9-12,22,24,26H,8,13-20H2,1H3,(H2,28,29,30). The van der Waals surface area contributed by atoms with Gasteiger partial charge in [-0.15, -0.1) is 0 Å². The molecule has 0 spiro atoms. The molecule has 2 aromatic rings. The van der Waals surface area contributed by atoms with Crippen molar-refractivity contribution in [3.05, 3.63) is 71.8 Å². The van der Waals surface area contributed by atoms with Gasteiger partial charge in [0.05, 0.1) is 6.10 Å². The minimum atomic E-state index is 0.121. The first-order valence-corrected chi connectivity index (χ1v) is 12.2. The van der Waals surface area contributed by atoms with Crippen LogP contribution in [0.5, 0.6) is 0 Å². The lowest BCUT2D eigenvalue weighted by Gasteiger charge is -2.32. The molecule has 2 aliphatic heterocycles. The van der Waals surface area contributed by atoms with E-state index in [2.05, 4.69) is 52.0 Å². The molecule has 3 atom stereocenters. The largest absolute Gasteiger partial charge is 0.373 e. The minimum absolute atomic E-state index is 0.121. The molecule has 3 unspecified atom stereocenters. The number of ether oxygens (including phenoxy) is 1. The third kappa shape index (κ3) is 6.57. The van der Waals surface area contributed by atoms with Gasteiger partial charge in [-0.25, -0.2) is 0 Å². The van der Waals surface area contributed by atoms with Crippen molar-refractivity contribution in [2.75, 3.05) is 39.8 Å². The van der Waals surface area contributed by atoms with Crippen LogP contribution < -0.4 is 10.6 Å². The van der Waals surface area contributed by atoms with Crippen molar-refractivity contribution in [3.63, 3.8) is 0 Å². The summed E-state index contributed by atoms with van der Waals surface area (Å²) in [5.41, 5.74) is 2.52. The Kier molecular flexibility index (Phi) is 8.36. The van der Waals surface area contributed by atoms with Crippen LogP contribution in [0.2, 0.25) is 0 Å². The quantitative estimate of drug-likeness (QED) is 0.480. The Morgan fingerprint density at radius 3 is 2.55 bits per heavy atom. The summed E-state index contributed by atoms with van der Waals surface area (Å²) in [5.74, 6) is 1.76. The fourth-order valence-corrected chi connectivity index (χ4v) is 4.87. The van der Waals surface area contributed by atoms with Crippen molar-refractivity contribution in [3.8, 4) is 0 Å². The Morgan fingerprint density at radius 2 is 1.79 bits per heavy atom. The third-order valence-corrected chi connectivity index (χ3v) is 6.69. The van der Waals surface area contributed by atoms with E-state index < -0.39 is 0 Å². The maximum Gasteiger partial charge on any atom is 0.223 e.